The van der Waals surface area contributed by atoms with Crippen molar-refractivity contribution in [3.63, 3.8) is 0 Å². The molecule has 1 saturated heterocycles. The summed E-state index contributed by atoms with van der Waals surface area (Å²) in [5, 5.41) is 6.32. The van der Waals surface area contributed by atoms with Gasteiger partial charge in [-0.15, -0.1) is 24.0 Å². The number of nitrogens with one attached hydrogen (secondary N) is 2. The van der Waals surface area contributed by atoms with Crippen molar-refractivity contribution in [1.82, 2.24) is 15.6 Å². The second-order valence-electron chi connectivity index (χ2n) is 6.75. The summed E-state index contributed by atoms with van der Waals surface area (Å²) in [6, 6.07) is 3.07. The van der Waals surface area contributed by atoms with E-state index in [0.29, 0.717) is 25.0 Å². The molecule has 0 spiro atoms. The Bertz CT molecular complexity index is 612. The summed E-state index contributed by atoms with van der Waals surface area (Å²) >= 11 is 0. The van der Waals surface area contributed by atoms with Gasteiger partial charge in [-0.3, -0.25) is 4.99 Å². The molecule has 0 radical (unpaired) electrons. The van der Waals surface area contributed by atoms with Gasteiger partial charge in [-0.25, -0.2) is 4.98 Å². The highest BCUT2D eigenvalue weighted by Gasteiger charge is 2.28. The van der Waals surface area contributed by atoms with E-state index in [4.69, 9.17) is 9.47 Å². The first kappa shape index (κ1) is 26.7. The van der Waals surface area contributed by atoms with Gasteiger partial charge in [-0.2, -0.15) is 13.2 Å². The largest absolute Gasteiger partial charge is 0.468 e. The molecular weight excluding hydrogens is 516 g/mol. The maximum absolute atomic E-state index is 12.1. The van der Waals surface area contributed by atoms with Crippen LogP contribution in [0.3, 0.4) is 0 Å². The number of halogens is 4. The van der Waals surface area contributed by atoms with Crippen LogP contribution in [0.15, 0.2) is 23.3 Å². The van der Waals surface area contributed by atoms with Gasteiger partial charge in [0.2, 0.25) is 5.88 Å². The normalized spacial score (nSPS) is 15.4. The molecule has 0 amide bonds. The van der Waals surface area contributed by atoms with E-state index < -0.39 is 12.8 Å². The molecule has 172 valence electrons. The van der Waals surface area contributed by atoms with E-state index in [1.807, 2.05) is 0 Å². The molecule has 1 aromatic rings. The van der Waals surface area contributed by atoms with E-state index >= 15 is 0 Å². The molecule has 30 heavy (non-hydrogen) atoms. The van der Waals surface area contributed by atoms with Gasteiger partial charge < -0.3 is 24.8 Å². The molecule has 1 aliphatic rings. The number of aliphatic imine (C=N–C) groups is 1. The van der Waals surface area contributed by atoms with E-state index in [1.54, 1.807) is 13.1 Å². The van der Waals surface area contributed by atoms with Crippen molar-refractivity contribution in [2.45, 2.75) is 32.0 Å². The van der Waals surface area contributed by atoms with Crippen molar-refractivity contribution in [3.8, 4) is 5.88 Å². The maximum atomic E-state index is 12.1. The zero-order valence-corrected chi connectivity index (χ0v) is 19.4. The number of ether oxygens (including phenoxy) is 3. The predicted molar refractivity (Wildman–Crippen MR) is 118 cm³/mol. The molecule has 1 aliphatic heterocycles. The van der Waals surface area contributed by atoms with E-state index in [-0.39, 0.29) is 29.9 Å². The van der Waals surface area contributed by atoms with Gasteiger partial charge in [0.05, 0.1) is 0 Å². The summed E-state index contributed by atoms with van der Waals surface area (Å²) < 4.78 is 52.0. The molecule has 2 heterocycles. The Balaban J connectivity index is 0.00000450. The molecule has 2 rings (SSSR count). The molecule has 0 aromatic carbocycles. The average Bonchev–Trinajstić information content (AvgIpc) is 2.72. The molecule has 0 unspecified atom stereocenters. The standard InChI is InChI=1S/C19H29F3N4O3.HI/c1-23-18(24-7-2-8-28-13-15-5-9-27-10-6-15)26-12-16-3-4-17(25-11-16)29-14-19(20,21)22;/h3-4,11,15H,2,5-10,12-14H2,1H3,(H2,23,24,26);1H. The number of pyridine rings is 1. The quantitative estimate of drug-likeness (QED) is 0.203. The van der Waals surface area contributed by atoms with Crippen LogP contribution < -0.4 is 15.4 Å². The third kappa shape index (κ3) is 11.7. The van der Waals surface area contributed by atoms with Crippen molar-refractivity contribution >= 4 is 29.9 Å². The average molecular weight is 546 g/mol. The van der Waals surface area contributed by atoms with Crippen LogP contribution in [-0.2, 0) is 16.0 Å². The van der Waals surface area contributed by atoms with Crippen molar-refractivity contribution in [3.05, 3.63) is 23.9 Å². The van der Waals surface area contributed by atoms with Crippen LogP contribution in [0.5, 0.6) is 5.88 Å². The van der Waals surface area contributed by atoms with Crippen LogP contribution >= 0.6 is 24.0 Å². The Hall–Kier alpha value is -1.34. The summed E-state index contributed by atoms with van der Waals surface area (Å²) in [7, 11) is 1.67. The highest BCUT2D eigenvalue weighted by atomic mass is 127. The van der Waals surface area contributed by atoms with Gasteiger partial charge in [0.15, 0.2) is 12.6 Å². The first-order valence-electron chi connectivity index (χ1n) is 9.71. The third-order valence-electron chi connectivity index (χ3n) is 4.32. The lowest BCUT2D eigenvalue weighted by atomic mass is 10.0. The van der Waals surface area contributed by atoms with Gasteiger partial charge in [0.25, 0.3) is 0 Å². The lowest BCUT2D eigenvalue weighted by Crippen LogP contribution is -2.37. The van der Waals surface area contributed by atoms with Crippen LogP contribution in [0.4, 0.5) is 13.2 Å². The zero-order chi connectivity index (χ0) is 21.0. The SMILES string of the molecule is CN=C(NCCCOCC1CCOCC1)NCc1ccc(OCC(F)(F)F)nc1.I. The number of aromatic nitrogens is 1. The topological polar surface area (TPSA) is 77.0 Å². The first-order valence-corrected chi connectivity index (χ1v) is 9.71. The highest BCUT2D eigenvalue weighted by Crippen LogP contribution is 2.17. The Morgan fingerprint density at radius 3 is 2.67 bits per heavy atom. The van der Waals surface area contributed by atoms with Gasteiger partial charge in [0.1, 0.15) is 0 Å². The minimum Gasteiger partial charge on any atom is -0.468 e. The molecule has 1 fully saturated rings. The molecule has 11 heteroatoms. The number of nitrogens with zero attached hydrogens (tertiary/aromatic N) is 2. The second kappa shape index (κ2) is 14.6. The molecule has 0 aliphatic carbocycles. The van der Waals surface area contributed by atoms with E-state index in [9.17, 15) is 13.2 Å². The fraction of sp³-hybridized carbons (Fsp3) is 0.684. The third-order valence-corrected chi connectivity index (χ3v) is 4.32. The molecular formula is C19H30F3IN4O3. The van der Waals surface area contributed by atoms with Crippen LogP contribution in [-0.4, -0.2) is 63.7 Å². The van der Waals surface area contributed by atoms with Crippen LogP contribution in [0.25, 0.3) is 0 Å². The fourth-order valence-corrected chi connectivity index (χ4v) is 2.71. The van der Waals surface area contributed by atoms with E-state index in [1.165, 1.54) is 12.3 Å². The molecule has 0 saturated carbocycles. The Labute approximate surface area is 192 Å². The number of guanidine groups is 1. The molecule has 1 aromatic heterocycles. The smallest absolute Gasteiger partial charge is 0.422 e. The Morgan fingerprint density at radius 2 is 2.03 bits per heavy atom. The summed E-state index contributed by atoms with van der Waals surface area (Å²) in [6.07, 6.45) is 0.0843. The predicted octanol–water partition coefficient (Wildman–Crippen LogP) is 3.14. The van der Waals surface area contributed by atoms with E-state index in [0.717, 1.165) is 51.2 Å². The van der Waals surface area contributed by atoms with Crippen molar-refractivity contribution in [2.75, 3.05) is 46.6 Å². The monoisotopic (exact) mass is 546 g/mol. The van der Waals surface area contributed by atoms with Gasteiger partial charge in [-0.1, -0.05) is 6.07 Å². The summed E-state index contributed by atoms with van der Waals surface area (Å²) in [5.74, 6) is 1.17. The van der Waals surface area contributed by atoms with Gasteiger partial charge >= 0.3 is 6.18 Å². The number of alkyl halides is 3. The Morgan fingerprint density at radius 1 is 1.27 bits per heavy atom. The summed E-state index contributed by atoms with van der Waals surface area (Å²) in [4.78, 5) is 8.01. The van der Waals surface area contributed by atoms with E-state index in [2.05, 4.69) is 25.3 Å². The minimum atomic E-state index is -4.38. The maximum Gasteiger partial charge on any atom is 0.422 e. The second-order valence-corrected chi connectivity index (χ2v) is 6.75. The minimum absolute atomic E-state index is 0. The first-order chi connectivity index (χ1) is 14.0. The summed E-state index contributed by atoms with van der Waals surface area (Å²) in [6.45, 7) is 2.93. The Kier molecular flexibility index (Phi) is 13.0. The van der Waals surface area contributed by atoms with Crippen molar-refractivity contribution < 1.29 is 27.4 Å². The number of hydrogen-bond donors (Lipinski definition) is 2. The van der Waals surface area contributed by atoms with Crippen LogP contribution in [0, 0.1) is 5.92 Å². The molecule has 7 nitrogen and oxygen atoms in total. The lowest BCUT2D eigenvalue weighted by Gasteiger charge is -2.21. The van der Waals surface area contributed by atoms with Crippen LogP contribution in [0.2, 0.25) is 0 Å². The fourth-order valence-electron chi connectivity index (χ4n) is 2.71. The van der Waals surface area contributed by atoms with Gasteiger partial charge in [0, 0.05) is 58.8 Å². The highest BCUT2D eigenvalue weighted by molar-refractivity contribution is 14.0. The van der Waals surface area contributed by atoms with Crippen LogP contribution in [0.1, 0.15) is 24.8 Å². The summed E-state index contributed by atoms with van der Waals surface area (Å²) in [5.41, 5.74) is 0.798. The number of rotatable bonds is 10. The lowest BCUT2D eigenvalue weighted by molar-refractivity contribution is -0.154. The number of hydrogen-bond acceptors (Lipinski definition) is 5. The molecule has 0 atom stereocenters. The van der Waals surface area contributed by atoms with Crippen molar-refractivity contribution in [1.29, 1.82) is 0 Å². The molecule has 2 N–H and O–H groups in total. The molecule has 0 bridgehead atoms. The van der Waals surface area contributed by atoms with Crippen molar-refractivity contribution in [2.24, 2.45) is 10.9 Å². The van der Waals surface area contributed by atoms with Gasteiger partial charge in [-0.05, 0) is 30.7 Å². The zero-order valence-electron chi connectivity index (χ0n) is 17.0.